The number of hydrogen-bond acceptors (Lipinski definition) is 2. The van der Waals surface area contributed by atoms with E-state index in [1.807, 2.05) is 10.9 Å². The summed E-state index contributed by atoms with van der Waals surface area (Å²) in [6.45, 7) is 3.01. The Hall–Kier alpha value is -0.900. The molecule has 0 bridgehead atoms. The SMILES string of the molecule is Cc1cnn(CC2(CC(N)=S)CC2)c1. The number of aromatic nitrogens is 2. The monoisotopic (exact) mass is 209 g/mol. The highest BCUT2D eigenvalue weighted by molar-refractivity contribution is 7.80. The van der Waals surface area contributed by atoms with E-state index in [1.54, 1.807) is 0 Å². The number of rotatable bonds is 4. The Morgan fingerprint density at radius 1 is 1.71 bits per heavy atom. The molecule has 76 valence electrons. The largest absolute Gasteiger partial charge is 0.393 e. The third-order valence-corrected chi connectivity index (χ3v) is 2.91. The van der Waals surface area contributed by atoms with E-state index in [2.05, 4.69) is 18.2 Å². The van der Waals surface area contributed by atoms with E-state index in [0.717, 1.165) is 13.0 Å². The van der Waals surface area contributed by atoms with Gasteiger partial charge in [-0.15, -0.1) is 0 Å². The molecule has 1 heterocycles. The standard InChI is InChI=1S/C10H15N3S/c1-8-5-12-13(6-8)7-10(2-3-10)4-9(11)14/h5-6H,2-4,7H2,1H3,(H2,11,14). The Kier molecular flexibility index (Phi) is 2.31. The fourth-order valence-electron chi connectivity index (χ4n) is 1.83. The summed E-state index contributed by atoms with van der Waals surface area (Å²) in [7, 11) is 0. The fraction of sp³-hybridized carbons (Fsp3) is 0.600. The summed E-state index contributed by atoms with van der Waals surface area (Å²) >= 11 is 4.95. The van der Waals surface area contributed by atoms with Crippen LogP contribution in [0.4, 0.5) is 0 Å². The normalized spacial score (nSPS) is 18.1. The molecule has 0 atom stereocenters. The van der Waals surface area contributed by atoms with Crippen LogP contribution in [-0.2, 0) is 6.54 Å². The van der Waals surface area contributed by atoms with Crippen LogP contribution in [0.2, 0.25) is 0 Å². The Morgan fingerprint density at radius 2 is 2.43 bits per heavy atom. The van der Waals surface area contributed by atoms with Gasteiger partial charge in [0.1, 0.15) is 0 Å². The molecule has 4 heteroatoms. The summed E-state index contributed by atoms with van der Waals surface area (Å²) < 4.78 is 2.00. The minimum absolute atomic E-state index is 0.324. The first-order chi connectivity index (χ1) is 6.60. The van der Waals surface area contributed by atoms with Crippen LogP contribution >= 0.6 is 12.2 Å². The number of aryl methyl sites for hydroxylation is 1. The second-order valence-corrected chi connectivity index (χ2v) is 4.88. The van der Waals surface area contributed by atoms with Crippen molar-refractivity contribution in [2.45, 2.75) is 32.7 Å². The second-order valence-electron chi connectivity index (χ2n) is 4.36. The van der Waals surface area contributed by atoms with E-state index in [-0.39, 0.29) is 0 Å². The maximum absolute atomic E-state index is 5.58. The Bertz CT molecular complexity index is 352. The molecule has 0 aliphatic heterocycles. The predicted molar refractivity (Wildman–Crippen MR) is 60.0 cm³/mol. The van der Waals surface area contributed by atoms with E-state index in [1.165, 1.54) is 18.4 Å². The molecule has 0 aromatic carbocycles. The highest BCUT2D eigenvalue weighted by atomic mass is 32.1. The van der Waals surface area contributed by atoms with Gasteiger partial charge in [-0.1, -0.05) is 12.2 Å². The zero-order chi connectivity index (χ0) is 10.2. The molecule has 1 saturated carbocycles. The Balaban J connectivity index is 2.00. The molecule has 0 spiro atoms. The van der Waals surface area contributed by atoms with Crippen molar-refractivity contribution in [1.82, 2.24) is 9.78 Å². The van der Waals surface area contributed by atoms with Crippen LogP contribution in [0.15, 0.2) is 12.4 Å². The maximum atomic E-state index is 5.58. The van der Waals surface area contributed by atoms with Gasteiger partial charge >= 0.3 is 0 Å². The molecule has 1 aromatic rings. The minimum atomic E-state index is 0.324. The minimum Gasteiger partial charge on any atom is -0.393 e. The zero-order valence-corrected chi connectivity index (χ0v) is 9.18. The Morgan fingerprint density at radius 3 is 2.86 bits per heavy atom. The summed E-state index contributed by atoms with van der Waals surface area (Å²) in [5.74, 6) is 0. The van der Waals surface area contributed by atoms with Gasteiger partial charge in [-0.25, -0.2) is 0 Å². The number of nitrogens with two attached hydrogens (primary N) is 1. The zero-order valence-electron chi connectivity index (χ0n) is 8.36. The summed E-state index contributed by atoms with van der Waals surface area (Å²) in [5.41, 5.74) is 7.11. The maximum Gasteiger partial charge on any atom is 0.0733 e. The van der Waals surface area contributed by atoms with Crippen LogP contribution in [0, 0.1) is 12.3 Å². The topological polar surface area (TPSA) is 43.8 Å². The van der Waals surface area contributed by atoms with Gasteiger partial charge in [0.2, 0.25) is 0 Å². The van der Waals surface area contributed by atoms with Gasteiger partial charge in [-0.2, -0.15) is 5.10 Å². The third kappa shape index (κ3) is 2.12. The van der Waals surface area contributed by atoms with Gasteiger partial charge in [0.05, 0.1) is 11.2 Å². The van der Waals surface area contributed by atoms with Crippen molar-refractivity contribution in [1.29, 1.82) is 0 Å². The lowest BCUT2D eigenvalue weighted by molar-refractivity contribution is 0.410. The molecule has 1 aliphatic carbocycles. The van der Waals surface area contributed by atoms with Crippen LogP contribution < -0.4 is 5.73 Å². The molecule has 2 rings (SSSR count). The lowest BCUT2D eigenvalue weighted by Crippen LogP contribution is -2.20. The van der Waals surface area contributed by atoms with Gasteiger partial charge in [0.25, 0.3) is 0 Å². The van der Waals surface area contributed by atoms with Gasteiger partial charge in [0.15, 0.2) is 0 Å². The predicted octanol–water partition coefficient (Wildman–Crippen LogP) is 1.65. The first kappa shape index (κ1) is 9.65. The number of thiocarbonyl (C=S) groups is 1. The van der Waals surface area contributed by atoms with E-state index >= 15 is 0 Å². The molecule has 14 heavy (non-hydrogen) atoms. The highest BCUT2D eigenvalue weighted by Gasteiger charge is 2.43. The fourth-order valence-corrected chi connectivity index (χ4v) is 2.14. The average molecular weight is 209 g/mol. The summed E-state index contributed by atoms with van der Waals surface area (Å²) in [4.78, 5) is 0.631. The molecule has 2 N–H and O–H groups in total. The van der Waals surface area contributed by atoms with Crippen molar-refractivity contribution >= 4 is 17.2 Å². The van der Waals surface area contributed by atoms with Crippen LogP contribution in [-0.4, -0.2) is 14.8 Å². The molecular weight excluding hydrogens is 194 g/mol. The quantitative estimate of drug-likeness (QED) is 0.767. The van der Waals surface area contributed by atoms with Crippen molar-refractivity contribution in [2.24, 2.45) is 11.1 Å². The van der Waals surface area contributed by atoms with Crippen LogP contribution in [0.1, 0.15) is 24.8 Å². The Labute approximate surface area is 89.3 Å². The molecule has 1 aromatic heterocycles. The van der Waals surface area contributed by atoms with Crippen molar-refractivity contribution < 1.29 is 0 Å². The van der Waals surface area contributed by atoms with Gasteiger partial charge in [-0.05, 0) is 30.7 Å². The van der Waals surface area contributed by atoms with Gasteiger partial charge < -0.3 is 5.73 Å². The van der Waals surface area contributed by atoms with Gasteiger partial charge in [-0.3, -0.25) is 4.68 Å². The van der Waals surface area contributed by atoms with Crippen molar-refractivity contribution in [2.75, 3.05) is 0 Å². The third-order valence-electron chi connectivity index (χ3n) is 2.77. The van der Waals surface area contributed by atoms with Crippen molar-refractivity contribution in [3.8, 4) is 0 Å². The molecule has 0 unspecified atom stereocenters. The molecular formula is C10H15N3S. The molecule has 1 fully saturated rings. The first-order valence-corrected chi connectivity index (χ1v) is 5.28. The lowest BCUT2D eigenvalue weighted by Gasteiger charge is -2.13. The van der Waals surface area contributed by atoms with Crippen LogP contribution in [0.5, 0.6) is 0 Å². The number of nitrogens with zero attached hydrogens (tertiary/aromatic N) is 2. The summed E-state index contributed by atoms with van der Waals surface area (Å²) in [6, 6.07) is 0. The summed E-state index contributed by atoms with van der Waals surface area (Å²) in [5, 5.41) is 4.28. The van der Waals surface area contributed by atoms with E-state index in [4.69, 9.17) is 18.0 Å². The first-order valence-electron chi connectivity index (χ1n) is 4.87. The number of hydrogen-bond donors (Lipinski definition) is 1. The molecule has 1 aliphatic rings. The van der Waals surface area contributed by atoms with E-state index < -0.39 is 0 Å². The average Bonchev–Trinajstić information content (AvgIpc) is 2.67. The smallest absolute Gasteiger partial charge is 0.0733 e. The summed E-state index contributed by atoms with van der Waals surface area (Å²) in [6.07, 6.45) is 7.27. The molecule has 0 radical (unpaired) electrons. The van der Waals surface area contributed by atoms with Crippen LogP contribution in [0.3, 0.4) is 0 Å². The molecule has 3 nitrogen and oxygen atoms in total. The van der Waals surface area contributed by atoms with E-state index in [9.17, 15) is 0 Å². The second kappa shape index (κ2) is 3.35. The van der Waals surface area contributed by atoms with Crippen molar-refractivity contribution in [3.63, 3.8) is 0 Å². The lowest BCUT2D eigenvalue weighted by atomic mass is 10.0. The highest BCUT2D eigenvalue weighted by Crippen LogP contribution is 2.50. The van der Waals surface area contributed by atoms with E-state index in [0.29, 0.717) is 10.4 Å². The molecule has 0 saturated heterocycles. The van der Waals surface area contributed by atoms with Crippen LogP contribution in [0.25, 0.3) is 0 Å². The molecule has 0 amide bonds. The van der Waals surface area contributed by atoms with Gasteiger partial charge in [0, 0.05) is 19.2 Å². The van der Waals surface area contributed by atoms with Crippen molar-refractivity contribution in [3.05, 3.63) is 18.0 Å².